The molecule has 1 aliphatic heterocycles. The van der Waals surface area contributed by atoms with Gasteiger partial charge in [0.1, 0.15) is 12.1 Å². The van der Waals surface area contributed by atoms with Crippen LogP contribution in [-0.2, 0) is 9.59 Å². The summed E-state index contributed by atoms with van der Waals surface area (Å²) in [7, 11) is 0. The Morgan fingerprint density at radius 3 is 2.72 bits per heavy atom. The maximum absolute atomic E-state index is 13.5. The van der Waals surface area contributed by atoms with Crippen molar-refractivity contribution in [1.29, 1.82) is 0 Å². The average molecular weight is 463 g/mol. The summed E-state index contributed by atoms with van der Waals surface area (Å²) in [6.45, 7) is 5.78. The van der Waals surface area contributed by atoms with Crippen molar-refractivity contribution in [3.63, 3.8) is 0 Å². The summed E-state index contributed by atoms with van der Waals surface area (Å²) in [5.41, 5.74) is -0.336. The fourth-order valence-corrected chi connectivity index (χ4v) is 5.81. The van der Waals surface area contributed by atoms with Crippen LogP contribution in [0.2, 0.25) is 0 Å². The first-order valence-corrected chi connectivity index (χ1v) is 11.2. The van der Waals surface area contributed by atoms with E-state index in [2.05, 4.69) is 36.4 Å². The van der Waals surface area contributed by atoms with Crippen LogP contribution in [0.3, 0.4) is 0 Å². The van der Waals surface area contributed by atoms with Crippen molar-refractivity contribution in [3.05, 3.63) is 35.2 Å². The fourth-order valence-electron chi connectivity index (χ4n) is 5.07. The third kappa shape index (κ3) is 4.23. The number of urea groups is 1. The number of anilines is 1. The first-order chi connectivity index (χ1) is 15.0. The molecule has 1 spiro atoms. The summed E-state index contributed by atoms with van der Waals surface area (Å²) in [6, 6.07) is 2.84. The number of imide groups is 1. The summed E-state index contributed by atoms with van der Waals surface area (Å²) in [5.74, 6) is -2.63. The van der Waals surface area contributed by atoms with E-state index >= 15 is 0 Å². The van der Waals surface area contributed by atoms with Crippen molar-refractivity contribution in [1.82, 2.24) is 15.2 Å². The Morgan fingerprint density at radius 2 is 2.03 bits per heavy atom. The van der Waals surface area contributed by atoms with Crippen LogP contribution in [0.4, 0.5) is 18.7 Å². The number of hydrogen-bond acceptors (Lipinski definition) is 5. The molecule has 1 saturated carbocycles. The lowest BCUT2D eigenvalue weighted by Crippen LogP contribution is -2.54. The second-order valence-electron chi connectivity index (χ2n) is 9.47. The Labute approximate surface area is 188 Å². The van der Waals surface area contributed by atoms with Gasteiger partial charge < -0.3 is 10.6 Å². The number of rotatable bonds is 4. The molecule has 4 amide bonds. The van der Waals surface area contributed by atoms with E-state index in [1.54, 1.807) is 5.38 Å². The molecule has 2 aromatic rings. The van der Waals surface area contributed by atoms with Gasteiger partial charge in [0.2, 0.25) is 5.91 Å². The molecule has 0 bridgehead atoms. The van der Waals surface area contributed by atoms with Gasteiger partial charge in [-0.1, -0.05) is 20.8 Å². The summed E-state index contributed by atoms with van der Waals surface area (Å²) in [4.78, 5) is 43.4. The first kappa shape index (κ1) is 22.3. The zero-order valence-electron chi connectivity index (χ0n) is 18.0. The quantitative estimate of drug-likeness (QED) is 0.668. The summed E-state index contributed by atoms with van der Waals surface area (Å²) < 4.78 is 26.6. The van der Waals surface area contributed by atoms with Crippen LogP contribution >= 0.6 is 11.3 Å². The van der Waals surface area contributed by atoms with Crippen molar-refractivity contribution >= 4 is 34.3 Å². The van der Waals surface area contributed by atoms with Gasteiger partial charge in [-0.15, -0.1) is 11.3 Å². The van der Waals surface area contributed by atoms with Crippen LogP contribution in [-0.4, -0.2) is 39.8 Å². The van der Waals surface area contributed by atoms with Crippen molar-refractivity contribution in [3.8, 4) is 11.3 Å². The smallest absolute Gasteiger partial charge is 0.323 e. The number of halogens is 2. The Morgan fingerprint density at radius 1 is 1.28 bits per heavy atom. The van der Waals surface area contributed by atoms with Crippen molar-refractivity contribution in [2.45, 2.75) is 45.6 Å². The van der Waals surface area contributed by atoms with Gasteiger partial charge in [-0.3, -0.25) is 14.5 Å². The average Bonchev–Trinajstić information content (AvgIpc) is 3.21. The molecule has 2 N–H and O–H groups in total. The van der Waals surface area contributed by atoms with Crippen molar-refractivity contribution in [2.24, 2.45) is 11.3 Å². The Bertz CT molecular complexity index is 1100. The van der Waals surface area contributed by atoms with Gasteiger partial charge in [0.05, 0.1) is 5.69 Å². The van der Waals surface area contributed by atoms with Crippen LogP contribution in [0.25, 0.3) is 11.3 Å². The molecule has 2 aliphatic rings. The van der Waals surface area contributed by atoms with E-state index in [-0.39, 0.29) is 22.4 Å². The zero-order chi connectivity index (χ0) is 23.3. The summed E-state index contributed by atoms with van der Waals surface area (Å²) >= 11 is 1.10. The molecular formula is C22H24F2N4O3S. The first-order valence-electron chi connectivity index (χ1n) is 10.3. The lowest BCUT2D eigenvalue weighted by Gasteiger charge is -2.43. The molecule has 2 atom stereocenters. The Balaban J connectivity index is 1.43. The largest absolute Gasteiger partial charge is 0.325 e. The number of benzene rings is 1. The highest BCUT2D eigenvalue weighted by atomic mass is 32.1. The molecule has 1 aliphatic carbocycles. The molecule has 0 radical (unpaired) electrons. The Kier molecular flexibility index (Phi) is 5.52. The van der Waals surface area contributed by atoms with Crippen LogP contribution in [0, 0.1) is 23.0 Å². The molecule has 170 valence electrons. The van der Waals surface area contributed by atoms with Gasteiger partial charge in [0.15, 0.2) is 16.8 Å². The minimum absolute atomic E-state index is 0.101. The van der Waals surface area contributed by atoms with Gasteiger partial charge in [-0.2, -0.15) is 0 Å². The van der Waals surface area contributed by atoms with E-state index in [0.717, 1.165) is 34.8 Å². The topological polar surface area (TPSA) is 91.4 Å². The fraction of sp³-hybridized carbons (Fsp3) is 0.455. The second-order valence-corrected chi connectivity index (χ2v) is 10.3. The van der Waals surface area contributed by atoms with Gasteiger partial charge >= 0.3 is 6.03 Å². The molecule has 4 rings (SSSR count). The van der Waals surface area contributed by atoms with Crippen LogP contribution in [0.1, 0.15) is 40.0 Å². The molecule has 1 saturated heterocycles. The molecule has 2 fully saturated rings. The van der Waals surface area contributed by atoms with E-state index in [1.165, 1.54) is 6.07 Å². The Hall–Kier alpha value is -2.88. The third-order valence-corrected chi connectivity index (χ3v) is 6.65. The normalized spacial score (nSPS) is 24.7. The minimum atomic E-state index is -0.992. The number of amides is 4. The second kappa shape index (κ2) is 7.91. The van der Waals surface area contributed by atoms with Gasteiger partial charge in [-0.05, 0) is 48.8 Å². The monoisotopic (exact) mass is 462 g/mol. The lowest BCUT2D eigenvalue weighted by atomic mass is 9.64. The van der Waals surface area contributed by atoms with Crippen LogP contribution < -0.4 is 10.6 Å². The van der Waals surface area contributed by atoms with Crippen molar-refractivity contribution < 1.29 is 23.2 Å². The number of nitrogens with zero attached hydrogens (tertiary/aromatic N) is 2. The molecule has 7 nitrogen and oxygen atoms in total. The zero-order valence-corrected chi connectivity index (χ0v) is 18.8. The van der Waals surface area contributed by atoms with Crippen molar-refractivity contribution in [2.75, 3.05) is 11.9 Å². The predicted octanol–water partition coefficient (Wildman–Crippen LogP) is 4.16. The van der Waals surface area contributed by atoms with Gasteiger partial charge in [-0.25, -0.2) is 18.6 Å². The maximum atomic E-state index is 13.5. The number of hydrogen-bond donors (Lipinski definition) is 2. The predicted molar refractivity (Wildman–Crippen MR) is 116 cm³/mol. The summed E-state index contributed by atoms with van der Waals surface area (Å²) in [6.07, 6.45) is 2.03. The third-order valence-electron chi connectivity index (χ3n) is 5.89. The highest BCUT2D eigenvalue weighted by Crippen LogP contribution is 2.46. The maximum Gasteiger partial charge on any atom is 0.325 e. The van der Waals surface area contributed by atoms with Crippen LogP contribution in [0.15, 0.2) is 23.6 Å². The molecule has 2 heterocycles. The van der Waals surface area contributed by atoms with E-state index < -0.39 is 35.7 Å². The number of thiazole rings is 1. The number of carbonyl (C=O) groups is 3. The van der Waals surface area contributed by atoms with E-state index in [9.17, 15) is 23.2 Å². The van der Waals surface area contributed by atoms with Gasteiger partial charge in [0, 0.05) is 10.9 Å². The van der Waals surface area contributed by atoms with E-state index in [0.29, 0.717) is 24.1 Å². The standard InChI is InChI=1S/C22H24F2N4O3S/c1-12-7-21(2,3)11-22(8-12)18(30)28(20(31)27-22)9-17(29)26-19-25-16(10-32-19)13-4-5-14(23)15(24)6-13/h4-6,10,12H,7-9,11H2,1-3H3,(H,27,31)(H,25,26,29). The number of nitrogens with one attached hydrogen (secondary N) is 2. The molecule has 10 heteroatoms. The lowest BCUT2D eigenvalue weighted by molar-refractivity contribution is -0.136. The molecule has 1 aromatic heterocycles. The SMILES string of the molecule is CC1CC(C)(C)CC2(C1)NC(=O)N(CC(=O)Nc1nc(-c3ccc(F)c(F)c3)cs1)C2=O. The number of aromatic nitrogens is 1. The molecular weight excluding hydrogens is 438 g/mol. The molecule has 32 heavy (non-hydrogen) atoms. The molecule has 2 unspecified atom stereocenters. The highest BCUT2D eigenvalue weighted by molar-refractivity contribution is 7.14. The number of carbonyl (C=O) groups excluding carboxylic acids is 3. The van der Waals surface area contributed by atoms with Crippen LogP contribution in [0.5, 0.6) is 0 Å². The highest BCUT2D eigenvalue weighted by Gasteiger charge is 2.56. The molecule has 1 aromatic carbocycles. The minimum Gasteiger partial charge on any atom is -0.323 e. The van der Waals surface area contributed by atoms with E-state index in [4.69, 9.17) is 0 Å². The summed E-state index contributed by atoms with van der Waals surface area (Å²) in [5, 5.41) is 7.23. The van der Waals surface area contributed by atoms with E-state index in [1.807, 2.05) is 0 Å². The van der Waals surface area contributed by atoms with Gasteiger partial charge in [0.25, 0.3) is 5.91 Å².